The number of carbonyl (C=O) groups excluding carboxylic acids is 2. The second-order valence-corrected chi connectivity index (χ2v) is 8.47. The molecule has 0 aromatic heterocycles. The lowest BCUT2D eigenvalue weighted by molar-refractivity contribution is 0.102. The number of phenolic OH excluding ortho intramolecular Hbond substituents is 1. The third kappa shape index (κ3) is 5.49. The first-order chi connectivity index (χ1) is 17.0. The van der Waals surface area contributed by atoms with Gasteiger partial charge in [0.25, 0.3) is 0 Å². The summed E-state index contributed by atoms with van der Waals surface area (Å²) in [5, 5.41) is 9.85. The van der Waals surface area contributed by atoms with Crippen molar-refractivity contribution in [2.45, 2.75) is 32.6 Å². The van der Waals surface area contributed by atoms with Crippen LogP contribution in [-0.2, 0) is 0 Å². The SMILES string of the molecule is CCC(CC)c1ccc(C(=O)c2ccc(C(=O)c3ccc(Oc4ccccc4O)cc3)cc2)cc1. The van der Waals surface area contributed by atoms with Gasteiger partial charge in [0.15, 0.2) is 23.1 Å². The summed E-state index contributed by atoms with van der Waals surface area (Å²) < 4.78 is 5.67. The molecule has 4 rings (SSSR count). The van der Waals surface area contributed by atoms with Crippen molar-refractivity contribution in [3.63, 3.8) is 0 Å². The number of aromatic hydroxyl groups is 1. The molecule has 0 fully saturated rings. The number of benzene rings is 4. The van der Waals surface area contributed by atoms with E-state index in [0.29, 0.717) is 39.7 Å². The lowest BCUT2D eigenvalue weighted by Crippen LogP contribution is -2.05. The van der Waals surface area contributed by atoms with Gasteiger partial charge in [0.1, 0.15) is 5.75 Å². The van der Waals surface area contributed by atoms with Gasteiger partial charge in [0, 0.05) is 22.3 Å². The Bertz CT molecular complexity index is 1300. The van der Waals surface area contributed by atoms with Crippen LogP contribution in [0, 0.1) is 0 Å². The molecule has 4 aromatic carbocycles. The Morgan fingerprint density at radius 1 is 0.657 bits per heavy atom. The summed E-state index contributed by atoms with van der Waals surface area (Å²) in [6, 6.07) is 28.0. The molecule has 4 nitrogen and oxygen atoms in total. The molecular formula is C31H28O4. The molecule has 0 aliphatic carbocycles. The number of carbonyl (C=O) groups is 2. The Kier molecular flexibility index (Phi) is 7.41. The molecule has 4 aromatic rings. The molecule has 0 aliphatic heterocycles. The average molecular weight is 465 g/mol. The molecule has 0 radical (unpaired) electrons. The predicted molar refractivity (Wildman–Crippen MR) is 138 cm³/mol. The monoisotopic (exact) mass is 464 g/mol. The number of ketones is 2. The first kappa shape index (κ1) is 24.0. The molecule has 0 saturated heterocycles. The van der Waals surface area contributed by atoms with E-state index in [0.717, 1.165) is 12.8 Å². The maximum atomic E-state index is 12.9. The highest BCUT2D eigenvalue weighted by atomic mass is 16.5. The predicted octanol–water partition coefficient (Wildman–Crippen LogP) is 7.55. The lowest BCUT2D eigenvalue weighted by Gasteiger charge is -2.13. The molecule has 0 aliphatic rings. The molecular weight excluding hydrogens is 436 g/mol. The molecule has 4 heteroatoms. The van der Waals surface area contributed by atoms with Crippen LogP contribution in [0.1, 0.15) is 70.0 Å². The van der Waals surface area contributed by atoms with Crippen LogP contribution < -0.4 is 4.74 Å². The van der Waals surface area contributed by atoms with Crippen molar-refractivity contribution in [3.05, 3.63) is 125 Å². The topological polar surface area (TPSA) is 63.6 Å². The van der Waals surface area contributed by atoms with Crippen LogP contribution in [0.15, 0.2) is 97.1 Å². The molecule has 0 unspecified atom stereocenters. The van der Waals surface area contributed by atoms with Crippen molar-refractivity contribution in [2.24, 2.45) is 0 Å². The summed E-state index contributed by atoms with van der Waals surface area (Å²) in [7, 11) is 0. The first-order valence-electron chi connectivity index (χ1n) is 11.9. The van der Waals surface area contributed by atoms with Gasteiger partial charge in [0.2, 0.25) is 0 Å². The zero-order valence-electron chi connectivity index (χ0n) is 19.9. The van der Waals surface area contributed by atoms with Gasteiger partial charge in [-0.05, 0) is 60.7 Å². The van der Waals surface area contributed by atoms with Gasteiger partial charge in [-0.25, -0.2) is 0 Å². The highest BCUT2D eigenvalue weighted by Gasteiger charge is 2.14. The highest BCUT2D eigenvalue weighted by Crippen LogP contribution is 2.30. The number of rotatable bonds is 9. The summed E-state index contributed by atoms with van der Waals surface area (Å²) in [6.45, 7) is 4.35. The van der Waals surface area contributed by atoms with E-state index < -0.39 is 0 Å². The van der Waals surface area contributed by atoms with E-state index in [1.807, 2.05) is 24.3 Å². The van der Waals surface area contributed by atoms with Crippen LogP contribution in [0.25, 0.3) is 0 Å². The van der Waals surface area contributed by atoms with E-state index in [2.05, 4.69) is 13.8 Å². The van der Waals surface area contributed by atoms with Gasteiger partial charge >= 0.3 is 0 Å². The largest absolute Gasteiger partial charge is 0.504 e. The van der Waals surface area contributed by atoms with Crippen molar-refractivity contribution in [1.29, 1.82) is 0 Å². The van der Waals surface area contributed by atoms with Crippen molar-refractivity contribution < 1.29 is 19.4 Å². The second kappa shape index (κ2) is 10.8. The van der Waals surface area contributed by atoms with Crippen LogP contribution in [0.5, 0.6) is 17.2 Å². The van der Waals surface area contributed by atoms with Gasteiger partial charge < -0.3 is 9.84 Å². The summed E-state index contributed by atoms with van der Waals surface area (Å²) in [5.74, 6) is 1.20. The minimum absolute atomic E-state index is 0.0457. The van der Waals surface area contributed by atoms with Crippen LogP contribution in [0.3, 0.4) is 0 Å². The third-order valence-electron chi connectivity index (χ3n) is 6.25. The molecule has 1 N–H and O–H groups in total. The number of hydrogen-bond donors (Lipinski definition) is 1. The third-order valence-corrected chi connectivity index (χ3v) is 6.25. The number of ether oxygens (including phenoxy) is 1. The number of hydrogen-bond acceptors (Lipinski definition) is 4. The Hall–Kier alpha value is -4.18. The minimum atomic E-state index is -0.146. The smallest absolute Gasteiger partial charge is 0.193 e. The normalized spacial score (nSPS) is 10.8. The Morgan fingerprint density at radius 2 is 1.09 bits per heavy atom. The summed E-state index contributed by atoms with van der Waals surface area (Å²) in [4.78, 5) is 25.8. The molecule has 0 heterocycles. The molecule has 35 heavy (non-hydrogen) atoms. The van der Waals surface area contributed by atoms with Gasteiger partial charge in [0.05, 0.1) is 0 Å². The fourth-order valence-electron chi connectivity index (χ4n) is 4.12. The Morgan fingerprint density at radius 3 is 1.54 bits per heavy atom. The number of phenols is 1. The van der Waals surface area contributed by atoms with Gasteiger partial charge in [-0.2, -0.15) is 0 Å². The maximum Gasteiger partial charge on any atom is 0.193 e. The van der Waals surface area contributed by atoms with Crippen molar-refractivity contribution in [2.75, 3.05) is 0 Å². The van der Waals surface area contributed by atoms with Crippen LogP contribution in [0.4, 0.5) is 0 Å². The summed E-state index contributed by atoms with van der Waals surface area (Å²) in [6.07, 6.45) is 2.15. The van der Waals surface area contributed by atoms with E-state index in [1.165, 1.54) is 5.56 Å². The van der Waals surface area contributed by atoms with Crippen LogP contribution in [0.2, 0.25) is 0 Å². The molecule has 0 amide bonds. The molecule has 176 valence electrons. The molecule has 0 spiro atoms. The zero-order valence-corrected chi connectivity index (χ0v) is 19.9. The fourth-order valence-corrected chi connectivity index (χ4v) is 4.12. The van der Waals surface area contributed by atoms with Crippen molar-refractivity contribution in [3.8, 4) is 17.2 Å². The van der Waals surface area contributed by atoms with Crippen LogP contribution >= 0.6 is 0 Å². The highest BCUT2D eigenvalue weighted by molar-refractivity contribution is 6.11. The van der Waals surface area contributed by atoms with Crippen molar-refractivity contribution >= 4 is 11.6 Å². The first-order valence-corrected chi connectivity index (χ1v) is 11.9. The van der Waals surface area contributed by atoms with Gasteiger partial charge in [-0.15, -0.1) is 0 Å². The maximum absolute atomic E-state index is 12.9. The molecule has 0 bridgehead atoms. The van der Waals surface area contributed by atoms with Crippen LogP contribution in [-0.4, -0.2) is 16.7 Å². The standard InChI is InChI=1S/C31H28O4/c1-3-21(4-2)22-9-11-23(12-10-22)30(33)24-13-15-25(16-14-24)31(34)26-17-19-27(20-18-26)35-29-8-6-5-7-28(29)32/h5-21,32H,3-4H2,1-2H3. The zero-order chi connectivity index (χ0) is 24.8. The van der Waals surface area contributed by atoms with E-state index in [1.54, 1.807) is 72.8 Å². The van der Waals surface area contributed by atoms with Gasteiger partial charge in [-0.1, -0.05) is 74.5 Å². The van der Waals surface area contributed by atoms with E-state index in [9.17, 15) is 14.7 Å². The van der Waals surface area contributed by atoms with Gasteiger partial charge in [-0.3, -0.25) is 9.59 Å². The van der Waals surface area contributed by atoms with E-state index >= 15 is 0 Å². The summed E-state index contributed by atoms with van der Waals surface area (Å²) in [5.41, 5.74) is 3.44. The van der Waals surface area contributed by atoms with E-state index in [-0.39, 0.29) is 17.3 Å². The number of para-hydroxylation sites is 2. The molecule has 0 saturated carbocycles. The van der Waals surface area contributed by atoms with E-state index in [4.69, 9.17) is 4.74 Å². The average Bonchev–Trinajstić information content (AvgIpc) is 2.91. The Labute approximate surface area is 205 Å². The minimum Gasteiger partial charge on any atom is -0.504 e. The van der Waals surface area contributed by atoms with Crippen molar-refractivity contribution in [1.82, 2.24) is 0 Å². The quantitative estimate of drug-likeness (QED) is 0.260. The second-order valence-electron chi connectivity index (χ2n) is 8.47. The Balaban J connectivity index is 1.44. The summed E-state index contributed by atoms with van der Waals surface area (Å²) >= 11 is 0. The molecule has 0 atom stereocenters. The lowest BCUT2D eigenvalue weighted by atomic mass is 9.92. The fraction of sp³-hybridized carbons (Fsp3) is 0.161.